The van der Waals surface area contributed by atoms with Crippen LogP contribution in [0.25, 0.3) is 11.0 Å². The van der Waals surface area contributed by atoms with Crippen LogP contribution in [0.5, 0.6) is 0 Å². The molecule has 0 atom stereocenters. The molecule has 0 saturated carbocycles. The number of nitrogens with zero attached hydrogens (tertiary/aromatic N) is 4. The summed E-state index contributed by atoms with van der Waals surface area (Å²) < 4.78 is 59.6. The molecule has 0 aliphatic carbocycles. The van der Waals surface area contributed by atoms with Gasteiger partial charge >= 0.3 is 12.5 Å². The lowest BCUT2D eigenvalue weighted by atomic mass is 9.98. The maximum Gasteiger partial charge on any atom is 0.320 e. The average Bonchev–Trinajstić information content (AvgIpc) is 3.17. The van der Waals surface area contributed by atoms with Crippen LogP contribution >= 0.6 is 0 Å². The number of ether oxygens (including phenoxy) is 1. The highest BCUT2D eigenvalue weighted by Gasteiger charge is 2.33. The number of carbonyl (C=O) groups excluding carboxylic acids is 1. The molecule has 3 heterocycles. The van der Waals surface area contributed by atoms with Gasteiger partial charge in [-0.15, -0.1) is 0 Å². The lowest BCUT2D eigenvalue weighted by Crippen LogP contribution is -2.40. The quantitative estimate of drug-likeness (QED) is 0.536. The summed E-state index contributed by atoms with van der Waals surface area (Å²) in [6, 6.07) is 9.47. The molecule has 1 aliphatic heterocycles. The number of hydrogen-bond acceptors (Lipinski definition) is 6. The van der Waals surface area contributed by atoms with Gasteiger partial charge in [0, 0.05) is 25.5 Å². The number of piperidine rings is 1. The summed E-state index contributed by atoms with van der Waals surface area (Å²) in [6.07, 6.45) is 3.33. The van der Waals surface area contributed by atoms with Crippen molar-refractivity contribution in [3.63, 3.8) is 0 Å². The maximum atomic E-state index is 13.5. The Hall–Kier alpha value is -2.92. The number of sulfonamides is 1. The molecule has 1 fully saturated rings. The van der Waals surface area contributed by atoms with E-state index in [1.54, 1.807) is 24.3 Å². The maximum absolute atomic E-state index is 13.5. The van der Waals surface area contributed by atoms with Crippen molar-refractivity contribution in [3.05, 3.63) is 54.6 Å². The van der Waals surface area contributed by atoms with Gasteiger partial charge in [-0.2, -0.15) is 13.1 Å². The number of imidazole rings is 1. The molecule has 0 N–H and O–H groups in total. The van der Waals surface area contributed by atoms with Crippen LogP contribution in [0.4, 0.5) is 8.78 Å². The minimum Gasteiger partial charge on any atom is -0.457 e. The van der Waals surface area contributed by atoms with E-state index in [9.17, 15) is 22.0 Å². The first-order valence-corrected chi connectivity index (χ1v) is 11.1. The van der Waals surface area contributed by atoms with E-state index >= 15 is 0 Å². The van der Waals surface area contributed by atoms with Crippen LogP contribution in [-0.2, 0) is 26.2 Å². The summed E-state index contributed by atoms with van der Waals surface area (Å²) in [7, 11) is -3.67. The standard InChI is InChI=1S/C20H20F2N4O4S/c21-20(22)26-17-6-2-1-5-16(17)24-18(26)13-30-19(27)14-7-10-25(11-8-14)31(28,29)15-4-3-9-23-12-15/h1-6,9,12,14,20H,7-8,10-11,13H2. The number of pyridine rings is 1. The van der Waals surface area contributed by atoms with Gasteiger partial charge in [-0.05, 0) is 37.1 Å². The van der Waals surface area contributed by atoms with E-state index in [2.05, 4.69) is 9.97 Å². The molecule has 11 heteroatoms. The van der Waals surface area contributed by atoms with Crippen molar-refractivity contribution >= 4 is 27.0 Å². The first-order valence-electron chi connectivity index (χ1n) is 9.68. The van der Waals surface area contributed by atoms with Crippen molar-refractivity contribution in [3.8, 4) is 0 Å². The lowest BCUT2D eigenvalue weighted by molar-refractivity contribution is -0.151. The summed E-state index contributed by atoms with van der Waals surface area (Å²) in [5, 5.41) is 0. The predicted octanol–water partition coefficient (Wildman–Crippen LogP) is 2.97. The molecule has 2 aromatic heterocycles. The highest BCUT2D eigenvalue weighted by atomic mass is 32.2. The summed E-state index contributed by atoms with van der Waals surface area (Å²) in [6.45, 7) is -2.88. The second-order valence-corrected chi connectivity index (χ2v) is 9.08. The SMILES string of the molecule is O=C(OCc1nc2ccccc2n1C(F)F)C1CCN(S(=O)(=O)c2cccnc2)CC1. The number of esters is 1. The number of benzene rings is 1. The van der Waals surface area contributed by atoms with Gasteiger partial charge in [0.1, 0.15) is 11.5 Å². The van der Waals surface area contributed by atoms with Gasteiger partial charge < -0.3 is 4.74 Å². The monoisotopic (exact) mass is 450 g/mol. The fourth-order valence-electron chi connectivity index (χ4n) is 3.65. The van der Waals surface area contributed by atoms with E-state index in [-0.39, 0.29) is 48.8 Å². The van der Waals surface area contributed by atoms with Gasteiger partial charge in [0.2, 0.25) is 10.0 Å². The van der Waals surface area contributed by atoms with Gasteiger partial charge in [-0.3, -0.25) is 14.3 Å². The van der Waals surface area contributed by atoms with Crippen LogP contribution in [-0.4, -0.2) is 46.3 Å². The third-order valence-electron chi connectivity index (χ3n) is 5.27. The Labute approximate surface area is 177 Å². The van der Waals surface area contributed by atoms with Crippen LogP contribution in [0.1, 0.15) is 25.2 Å². The fraction of sp³-hybridized carbons (Fsp3) is 0.350. The molecule has 1 aliphatic rings. The highest BCUT2D eigenvalue weighted by molar-refractivity contribution is 7.89. The third-order valence-corrected chi connectivity index (χ3v) is 7.15. The molecule has 164 valence electrons. The lowest BCUT2D eigenvalue weighted by Gasteiger charge is -2.30. The Morgan fingerprint density at radius 3 is 2.58 bits per heavy atom. The van der Waals surface area contributed by atoms with Crippen molar-refractivity contribution in [2.75, 3.05) is 13.1 Å². The van der Waals surface area contributed by atoms with Crippen LogP contribution in [0, 0.1) is 5.92 Å². The van der Waals surface area contributed by atoms with E-state index in [4.69, 9.17) is 4.74 Å². The van der Waals surface area contributed by atoms with Gasteiger partial charge in [-0.1, -0.05) is 12.1 Å². The number of alkyl halides is 2. The van der Waals surface area contributed by atoms with Crippen LogP contribution in [0.15, 0.2) is 53.7 Å². The van der Waals surface area contributed by atoms with Gasteiger partial charge in [-0.25, -0.2) is 13.4 Å². The molecule has 0 amide bonds. The van der Waals surface area contributed by atoms with E-state index in [0.29, 0.717) is 5.52 Å². The predicted molar refractivity (Wildman–Crippen MR) is 107 cm³/mol. The second-order valence-electron chi connectivity index (χ2n) is 7.14. The molecule has 1 aromatic carbocycles. The molecule has 0 spiro atoms. The Morgan fingerprint density at radius 1 is 1.16 bits per heavy atom. The van der Waals surface area contributed by atoms with Crippen LogP contribution in [0.2, 0.25) is 0 Å². The molecule has 31 heavy (non-hydrogen) atoms. The average molecular weight is 450 g/mol. The Balaban J connectivity index is 1.38. The topological polar surface area (TPSA) is 94.4 Å². The zero-order valence-electron chi connectivity index (χ0n) is 16.4. The number of halogens is 2. The summed E-state index contributed by atoms with van der Waals surface area (Å²) in [5.74, 6) is -1.10. The number of hydrogen-bond donors (Lipinski definition) is 0. The Bertz CT molecular complexity index is 1180. The van der Waals surface area contributed by atoms with Crippen molar-refractivity contribution in [2.45, 2.75) is 30.9 Å². The summed E-state index contributed by atoms with van der Waals surface area (Å²) in [4.78, 5) is 20.5. The normalized spacial score (nSPS) is 16.1. The first-order chi connectivity index (χ1) is 14.9. The zero-order valence-corrected chi connectivity index (χ0v) is 17.2. The molecule has 1 saturated heterocycles. The largest absolute Gasteiger partial charge is 0.457 e. The van der Waals surface area contributed by atoms with Crippen molar-refractivity contribution < 1.29 is 26.7 Å². The minimum absolute atomic E-state index is 0.0406. The van der Waals surface area contributed by atoms with Crippen LogP contribution < -0.4 is 0 Å². The van der Waals surface area contributed by atoms with E-state index in [1.165, 1.54) is 28.8 Å². The second kappa shape index (κ2) is 8.67. The van der Waals surface area contributed by atoms with Gasteiger partial charge in [0.05, 0.1) is 17.0 Å². The number of aromatic nitrogens is 3. The fourth-order valence-corrected chi connectivity index (χ4v) is 5.08. The van der Waals surface area contributed by atoms with Gasteiger partial charge in [0.15, 0.2) is 5.82 Å². The number of rotatable bonds is 6. The molecular formula is C20H20F2N4O4S. The number of para-hydroxylation sites is 2. The molecular weight excluding hydrogens is 430 g/mol. The summed E-state index contributed by atoms with van der Waals surface area (Å²) in [5.41, 5.74) is 0.653. The summed E-state index contributed by atoms with van der Waals surface area (Å²) >= 11 is 0. The molecule has 0 radical (unpaired) electrons. The Kier molecular flexibility index (Phi) is 5.96. The van der Waals surface area contributed by atoms with E-state index in [1.807, 2.05) is 0 Å². The number of fused-ring (bicyclic) bond motifs is 1. The zero-order chi connectivity index (χ0) is 22.0. The molecule has 4 rings (SSSR count). The molecule has 3 aromatic rings. The third kappa shape index (κ3) is 4.28. The highest BCUT2D eigenvalue weighted by Crippen LogP contribution is 2.26. The van der Waals surface area contributed by atoms with E-state index < -0.39 is 28.5 Å². The molecule has 0 bridgehead atoms. The van der Waals surface area contributed by atoms with Crippen molar-refractivity contribution in [2.24, 2.45) is 5.92 Å². The smallest absolute Gasteiger partial charge is 0.320 e. The van der Waals surface area contributed by atoms with Gasteiger partial charge in [0.25, 0.3) is 0 Å². The number of carbonyl (C=O) groups is 1. The molecule has 8 nitrogen and oxygen atoms in total. The first kappa shape index (κ1) is 21.3. The van der Waals surface area contributed by atoms with Crippen molar-refractivity contribution in [1.29, 1.82) is 0 Å². The van der Waals surface area contributed by atoms with Crippen molar-refractivity contribution in [1.82, 2.24) is 18.8 Å². The minimum atomic E-state index is -3.67. The molecule has 0 unspecified atom stereocenters. The van der Waals surface area contributed by atoms with E-state index in [0.717, 1.165) is 4.57 Å². The van der Waals surface area contributed by atoms with Crippen LogP contribution in [0.3, 0.4) is 0 Å². The Morgan fingerprint density at radius 2 is 1.90 bits per heavy atom.